The van der Waals surface area contributed by atoms with Crippen molar-refractivity contribution in [2.24, 2.45) is 0 Å². The van der Waals surface area contributed by atoms with Gasteiger partial charge in [-0.1, -0.05) is 47.6 Å². The lowest BCUT2D eigenvalue weighted by molar-refractivity contribution is -0.384. The van der Waals surface area contributed by atoms with E-state index in [9.17, 15) is 19.7 Å². The van der Waals surface area contributed by atoms with E-state index >= 15 is 0 Å². The van der Waals surface area contributed by atoms with Crippen LogP contribution in [0.25, 0.3) is 0 Å². The average Bonchev–Trinajstić information content (AvgIpc) is 2.72. The molecule has 1 amide bonds. The van der Waals surface area contributed by atoms with Gasteiger partial charge in [-0.15, -0.1) is 0 Å². The fraction of sp³-hybridized carbons (Fsp3) is 0.150. The molecule has 0 bridgehead atoms. The molecule has 2 heterocycles. The number of nitrogens with zero attached hydrogens (tertiary/aromatic N) is 2. The van der Waals surface area contributed by atoms with Crippen LogP contribution in [0.15, 0.2) is 58.5 Å². The molecule has 152 valence electrons. The number of nitrogens with one attached hydrogen (secondary N) is 2. The van der Waals surface area contributed by atoms with Crippen LogP contribution in [0.1, 0.15) is 29.0 Å². The number of thioether (sulfide) groups is 1. The van der Waals surface area contributed by atoms with Crippen LogP contribution in [-0.2, 0) is 10.5 Å². The van der Waals surface area contributed by atoms with Crippen molar-refractivity contribution in [3.8, 4) is 0 Å². The van der Waals surface area contributed by atoms with Crippen LogP contribution >= 0.6 is 23.4 Å². The van der Waals surface area contributed by atoms with E-state index in [1.807, 2.05) is 12.1 Å². The van der Waals surface area contributed by atoms with Crippen molar-refractivity contribution in [3.05, 3.63) is 90.7 Å². The molecule has 1 atom stereocenters. The lowest BCUT2D eigenvalue weighted by Crippen LogP contribution is -2.31. The first-order valence-electron chi connectivity index (χ1n) is 8.96. The number of carbonyl (C=O) groups is 1. The molecule has 1 aromatic heterocycles. The third kappa shape index (κ3) is 4.22. The molecule has 0 radical (unpaired) electrons. The maximum Gasteiger partial charge on any atom is 0.269 e. The maximum absolute atomic E-state index is 12.8. The van der Waals surface area contributed by atoms with Gasteiger partial charge in [-0.05, 0) is 23.3 Å². The minimum atomic E-state index is -0.527. The van der Waals surface area contributed by atoms with Gasteiger partial charge in [-0.3, -0.25) is 19.7 Å². The molecule has 10 heteroatoms. The number of benzene rings is 2. The van der Waals surface area contributed by atoms with Crippen molar-refractivity contribution in [3.63, 3.8) is 0 Å². The van der Waals surface area contributed by atoms with Gasteiger partial charge < -0.3 is 10.3 Å². The van der Waals surface area contributed by atoms with E-state index in [4.69, 9.17) is 11.6 Å². The summed E-state index contributed by atoms with van der Waals surface area (Å²) in [4.78, 5) is 42.6. The maximum atomic E-state index is 12.8. The Morgan fingerprint density at radius 3 is 2.50 bits per heavy atom. The number of aromatic nitrogens is 2. The highest BCUT2D eigenvalue weighted by atomic mass is 35.5. The Labute approximate surface area is 179 Å². The van der Waals surface area contributed by atoms with Gasteiger partial charge in [-0.2, -0.15) is 0 Å². The predicted molar refractivity (Wildman–Crippen MR) is 114 cm³/mol. The topological polar surface area (TPSA) is 118 Å². The summed E-state index contributed by atoms with van der Waals surface area (Å²) in [5.41, 5.74) is 1.60. The summed E-state index contributed by atoms with van der Waals surface area (Å²) in [7, 11) is 0. The third-order valence-electron chi connectivity index (χ3n) is 4.72. The Hall–Kier alpha value is -3.17. The Bertz CT molecular complexity index is 1180. The number of hydrogen-bond donors (Lipinski definition) is 2. The molecule has 0 saturated carbocycles. The van der Waals surface area contributed by atoms with E-state index in [-0.39, 0.29) is 29.4 Å². The zero-order valence-electron chi connectivity index (χ0n) is 15.4. The molecule has 3 aromatic rings. The lowest BCUT2D eigenvalue weighted by atomic mass is 9.87. The highest BCUT2D eigenvalue weighted by Crippen LogP contribution is 2.35. The zero-order chi connectivity index (χ0) is 21.3. The molecule has 1 aliphatic heterocycles. The Morgan fingerprint density at radius 2 is 1.83 bits per heavy atom. The number of amides is 1. The number of halogens is 1. The van der Waals surface area contributed by atoms with E-state index in [0.29, 0.717) is 27.1 Å². The number of H-pyrrole nitrogens is 1. The van der Waals surface area contributed by atoms with Crippen molar-refractivity contribution in [1.29, 1.82) is 0 Å². The van der Waals surface area contributed by atoms with Gasteiger partial charge in [0.05, 0.1) is 10.5 Å². The quantitative estimate of drug-likeness (QED) is 0.266. The molecule has 30 heavy (non-hydrogen) atoms. The average molecular weight is 443 g/mol. The summed E-state index contributed by atoms with van der Waals surface area (Å²) >= 11 is 7.22. The molecule has 1 unspecified atom stereocenters. The molecule has 0 saturated heterocycles. The van der Waals surface area contributed by atoms with Crippen LogP contribution in [0, 0.1) is 10.1 Å². The highest BCUT2D eigenvalue weighted by molar-refractivity contribution is 7.98. The monoisotopic (exact) mass is 442 g/mol. The molecule has 0 aliphatic carbocycles. The first kappa shape index (κ1) is 20.1. The standard InChI is InChI=1S/C20H15ClN4O4S/c21-13-5-1-11(2-6-13)10-30-20-23-18-17(19(27)24-20)15(9-16(26)22-18)12-3-7-14(8-4-12)25(28)29/h1-8,15H,9-10H2,(H2,22,23,24,26,27). The first-order chi connectivity index (χ1) is 14.4. The van der Waals surface area contributed by atoms with Gasteiger partial charge >= 0.3 is 0 Å². The van der Waals surface area contributed by atoms with Crippen LogP contribution in [-0.4, -0.2) is 20.8 Å². The number of anilines is 1. The van der Waals surface area contributed by atoms with Crippen LogP contribution in [0.4, 0.5) is 11.5 Å². The molecule has 0 fully saturated rings. The van der Waals surface area contributed by atoms with E-state index in [2.05, 4.69) is 15.3 Å². The SMILES string of the molecule is O=C1CC(c2ccc([N+](=O)[O-])cc2)c2c(nc(SCc3ccc(Cl)cc3)[nH]c2=O)N1. The first-order valence-corrected chi connectivity index (χ1v) is 10.3. The van der Waals surface area contributed by atoms with Gasteiger partial charge in [0.15, 0.2) is 5.16 Å². The van der Waals surface area contributed by atoms with Gasteiger partial charge in [0.2, 0.25) is 5.91 Å². The van der Waals surface area contributed by atoms with Crippen LogP contribution in [0.5, 0.6) is 0 Å². The van der Waals surface area contributed by atoms with Crippen molar-refractivity contribution in [2.75, 3.05) is 5.32 Å². The lowest BCUT2D eigenvalue weighted by Gasteiger charge is -2.24. The number of aromatic amines is 1. The molecule has 1 aliphatic rings. The van der Waals surface area contributed by atoms with Crippen LogP contribution < -0.4 is 10.9 Å². The van der Waals surface area contributed by atoms with E-state index in [0.717, 1.165) is 5.56 Å². The third-order valence-corrected chi connectivity index (χ3v) is 5.92. The number of hydrogen-bond acceptors (Lipinski definition) is 6. The Balaban J connectivity index is 1.63. The number of non-ortho nitro benzene ring substituents is 1. The number of nitro groups is 1. The summed E-state index contributed by atoms with van der Waals surface area (Å²) in [5.74, 6) is -0.00536. The van der Waals surface area contributed by atoms with E-state index in [1.165, 1.54) is 23.9 Å². The summed E-state index contributed by atoms with van der Waals surface area (Å²) in [6.45, 7) is 0. The summed E-state index contributed by atoms with van der Waals surface area (Å²) in [6, 6.07) is 13.2. The van der Waals surface area contributed by atoms with E-state index < -0.39 is 10.8 Å². The van der Waals surface area contributed by atoms with Gasteiger partial charge in [0.1, 0.15) is 5.82 Å². The van der Waals surface area contributed by atoms with Gasteiger partial charge in [0, 0.05) is 35.2 Å². The largest absolute Gasteiger partial charge is 0.310 e. The molecule has 8 nitrogen and oxygen atoms in total. The number of nitro benzene ring substituents is 1. The molecular weight excluding hydrogens is 428 g/mol. The van der Waals surface area contributed by atoms with Crippen molar-refractivity contribution in [2.45, 2.75) is 23.2 Å². The van der Waals surface area contributed by atoms with Crippen LogP contribution in [0.3, 0.4) is 0 Å². The van der Waals surface area contributed by atoms with Gasteiger partial charge in [-0.25, -0.2) is 4.98 Å². The van der Waals surface area contributed by atoms with Crippen molar-refractivity contribution in [1.82, 2.24) is 9.97 Å². The second kappa shape index (κ2) is 8.29. The highest BCUT2D eigenvalue weighted by Gasteiger charge is 2.31. The fourth-order valence-electron chi connectivity index (χ4n) is 3.26. The predicted octanol–water partition coefficient (Wildman–Crippen LogP) is 4.10. The molecule has 0 spiro atoms. The molecule has 2 aromatic carbocycles. The number of rotatable bonds is 5. The molecule has 4 rings (SSSR count). The second-order valence-electron chi connectivity index (χ2n) is 6.70. The van der Waals surface area contributed by atoms with Crippen LogP contribution in [0.2, 0.25) is 5.02 Å². The fourth-order valence-corrected chi connectivity index (χ4v) is 4.21. The summed E-state index contributed by atoms with van der Waals surface area (Å²) < 4.78 is 0. The smallest absolute Gasteiger partial charge is 0.269 e. The van der Waals surface area contributed by atoms with Crippen molar-refractivity contribution < 1.29 is 9.72 Å². The summed E-state index contributed by atoms with van der Waals surface area (Å²) in [5, 5.41) is 14.6. The van der Waals surface area contributed by atoms with Crippen molar-refractivity contribution >= 4 is 40.8 Å². The summed E-state index contributed by atoms with van der Waals surface area (Å²) in [6.07, 6.45) is 0.0623. The van der Waals surface area contributed by atoms with Gasteiger partial charge in [0.25, 0.3) is 11.2 Å². The molecule has 2 N–H and O–H groups in total. The minimum Gasteiger partial charge on any atom is -0.310 e. The number of carbonyl (C=O) groups excluding carboxylic acids is 1. The Morgan fingerprint density at radius 1 is 1.13 bits per heavy atom. The number of fused-ring (bicyclic) bond motifs is 1. The zero-order valence-corrected chi connectivity index (χ0v) is 17.0. The Kier molecular flexibility index (Phi) is 5.56. The minimum absolute atomic E-state index is 0.0554. The molecular formula is C20H15ClN4O4S. The van der Waals surface area contributed by atoms with E-state index in [1.54, 1.807) is 24.3 Å². The normalized spacial score (nSPS) is 15.4. The second-order valence-corrected chi connectivity index (χ2v) is 8.10.